The van der Waals surface area contributed by atoms with Crippen molar-refractivity contribution in [2.45, 2.75) is 96.8 Å². The predicted octanol–water partition coefficient (Wildman–Crippen LogP) is 7.02. The lowest BCUT2D eigenvalue weighted by Crippen LogP contribution is -3.00. The minimum Gasteiger partial charge on any atom is -1.00 e. The molecule has 0 aliphatic heterocycles. The summed E-state index contributed by atoms with van der Waals surface area (Å²) in [7, 11) is -1.65. The van der Waals surface area contributed by atoms with Gasteiger partial charge in [-0.15, -0.1) is 0 Å². The van der Waals surface area contributed by atoms with Crippen LogP contribution in [0.3, 0.4) is 0 Å². The lowest BCUT2D eigenvalue weighted by Gasteiger charge is -2.27. The standard InChI is InChI=1S/C36H50P.BrH/c1-2-3-4-5-6-7-8-9-10-11-12-13-14-15-16-26-33-37(34-27-20-17-21-28-34,35-29-22-18-23-30-35)36-31-24-19-25-32-36;/h6-7,17-25,27-32H,2-5,8-16,26,33H2,1H3;1H/q+1;/p-1/b7-6+;. The first kappa shape index (κ1) is 32.5. The van der Waals surface area contributed by atoms with Crippen LogP contribution < -0.4 is 32.9 Å². The van der Waals surface area contributed by atoms with E-state index in [1.807, 2.05) is 0 Å². The van der Waals surface area contributed by atoms with Crippen LogP contribution in [0.1, 0.15) is 96.8 Å². The Hall–Kier alpha value is -1.69. The smallest absolute Gasteiger partial charge is 0.112 e. The fraction of sp³-hybridized carbons (Fsp3) is 0.444. The number of hydrogen-bond donors (Lipinski definition) is 0. The van der Waals surface area contributed by atoms with Gasteiger partial charge in [-0.25, -0.2) is 0 Å². The number of benzene rings is 3. The number of halogens is 1. The fourth-order valence-electron chi connectivity index (χ4n) is 5.48. The molecule has 0 radical (unpaired) electrons. The Morgan fingerprint density at radius 3 is 1.18 bits per heavy atom. The summed E-state index contributed by atoms with van der Waals surface area (Å²) in [5.41, 5.74) is 0. The van der Waals surface area contributed by atoms with Crippen LogP contribution in [0.4, 0.5) is 0 Å². The fourth-order valence-corrected chi connectivity index (χ4v) is 9.89. The predicted molar refractivity (Wildman–Crippen MR) is 169 cm³/mol. The van der Waals surface area contributed by atoms with E-state index in [4.69, 9.17) is 0 Å². The van der Waals surface area contributed by atoms with Crippen LogP contribution in [0.2, 0.25) is 0 Å². The molecule has 0 nitrogen and oxygen atoms in total. The van der Waals surface area contributed by atoms with Crippen molar-refractivity contribution in [2.75, 3.05) is 6.16 Å². The molecule has 206 valence electrons. The summed E-state index contributed by atoms with van der Waals surface area (Å²) in [5.74, 6) is 0. The lowest BCUT2D eigenvalue weighted by atomic mass is 10.1. The van der Waals surface area contributed by atoms with Crippen LogP contribution in [0, 0.1) is 0 Å². The van der Waals surface area contributed by atoms with Crippen LogP contribution in [0.5, 0.6) is 0 Å². The van der Waals surface area contributed by atoms with Gasteiger partial charge in [-0.05, 0) is 74.9 Å². The highest BCUT2D eigenvalue weighted by molar-refractivity contribution is 7.95. The van der Waals surface area contributed by atoms with Crippen LogP contribution in [-0.2, 0) is 0 Å². The maximum absolute atomic E-state index is 2.42. The van der Waals surface area contributed by atoms with Gasteiger partial charge in [-0.3, -0.25) is 0 Å². The maximum atomic E-state index is 2.42. The highest BCUT2D eigenvalue weighted by atomic mass is 79.9. The molecule has 0 saturated carbocycles. The first-order chi connectivity index (χ1) is 18.4. The molecule has 0 aliphatic carbocycles. The van der Waals surface area contributed by atoms with Crippen LogP contribution in [-0.4, -0.2) is 6.16 Å². The molecule has 0 N–H and O–H groups in total. The Balaban J connectivity index is 0.00000507. The molecule has 0 fully saturated rings. The molecule has 0 aromatic heterocycles. The molecule has 3 aromatic rings. The Kier molecular flexibility index (Phi) is 17.3. The summed E-state index contributed by atoms with van der Waals surface area (Å²) in [6.07, 6.45) is 25.1. The average molecular weight is 594 g/mol. The highest BCUT2D eigenvalue weighted by Gasteiger charge is 2.44. The molecule has 38 heavy (non-hydrogen) atoms. The van der Waals surface area contributed by atoms with Gasteiger partial charge in [0.1, 0.15) is 23.2 Å². The molecule has 0 spiro atoms. The molecular formula is C36H50BrP. The minimum atomic E-state index is -1.65. The van der Waals surface area contributed by atoms with E-state index < -0.39 is 7.26 Å². The number of hydrogen-bond acceptors (Lipinski definition) is 0. The Bertz CT molecular complexity index is 871. The maximum Gasteiger partial charge on any atom is 0.112 e. The van der Waals surface area contributed by atoms with Gasteiger partial charge in [-0.2, -0.15) is 0 Å². The summed E-state index contributed by atoms with van der Waals surface area (Å²) >= 11 is 0. The van der Waals surface area contributed by atoms with Crippen molar-refractivity contribution in [1.82, 2.24) is 0 Å². The van der Waals surface area contributed by atoms with Gasteiger partial charge in [-0.1, -0.05) is 125 Å². The van der Waals surface area contributed by atoms with Gasteiger partial charge < -0.3 is 17.0 Å². The van der Waals surface area contributed by atoms with Gasteiger partial charge in [0.15, 0.2) is 0 Å². The van der Waals surface area contributed by atoms with Crippen LogP contribution >= 0.6 is 7.26 Å². The van der Waals surface area contributed by atoms with Crippen molar-refractivity contribution in [3.05, 3.63) is 103 Å². The van der Waals surface area contributed by atoms with Crippen molar-refractivity contribution in [3.63, 3.8) is 0 Å². The summed E-state index contributed by atoms with van der Waals surface area (Å²) < 4.78 is 0. The Labute approximate surface area is 245 Å². The van der Waals surface area contributed by atoms with Crippen LogP contribution in [0.15, 0.2) is 103 Å². The monoisotopic (exact) mass is 592 g/mol. The van der Waals surface area contributed by atoms with Crippen molar-refractivity contribution in [3.8, 4) is 0 Å². The summed E-state index contributed by atoms with van der Waals surface area (Å²) in [5, 5.41) is 4.55. The molecule has 0 atom stereocenters. The molecular weight excluding hydrogens is 543 g/mol. The van der Waals surface area contributed by atoms with Crippen LogP contribution in [0.25, 0.3) is 0 Å². The summed E-state index contributed by atoms with van der Waals surface area (Å²) in [6, 6.07) is 34.0. The molecule has 0 unspecified atom stereocenters. The molecule has 0 bridgehead atoms. The third kappa shape index (κ3) is 10.8. The number of allylic oxidation sites excluding steroid dienone is 2. The first-order valence-electron chi connectivity index (χ1n) is 15.1. The Morgan fingerprint density at radius 2 is 0.789 bits per heavy atom. The SMILES string of the molecule is CCCCC/C=C/CCCCCCCCCCC[P+](c1ccccc1)(c1ccccc1)c1ccccc1.[Br-]. The summed E-state index contributed by atoms with van der Waals surface area (Å²) in [6.45, 7) is 2.28. The molecule has 0 aliphatic rings. The quantitative estimate of drug-likeness (QED) is 0.0796. The second kappa shape index (κ2) is 20.2. The zero-order valence-corrected chi connectivity index (χ0v) is 26.2. The van der Waals surface area contributed by atoms with E-state index in [1.54, 1.807) is 0 Å². The van der Waals surface area contributed by atoms with Gasteiger partial charge >= 0.3 is 0 Å². The normalized spacial score (nSPS) is 11.5. The molecule has 0 amide bonds. The van der Waals surface area contributed by atoms with Crippen molar-refractivity contribution in [2.24, 2.45) is 0 Å². The van der Waals surface area contributed by atoms with E-state index in [0.717, 1.165) is 0 Å². The molecule has 3 aromatic carbocycles. The third-order valence-electron chi connectivity index (χ3n) is 7.60. The van der Waals surface area contributed by atoms with Crippen molar-refractivity contribution in [1.29, 1.82) is 0 Å². The first-order valence-corrected chi connectivity index (χ1v) is 17.1. The Morgan fingerprint density at radius 1 is 0.447 bits per heavy atom. The van der Waals surface area contributed by atoms with E-state index in [9.17, 15) is 0 Å². The van der Waals surface area contributed by atoms with E-state index >= 15 is 0 Å². The minimum absolute atomic E-state index is 0. The molecule has 3 rings (SSSR count). The van der Waals surface area contributed by atoms with Gasteiger partial charge in [0.05, 0.1) is 6.16 Å². The second-order valence-corrected chi connectivity index (χ2v) is 14.1. The van der Waals surface area contributed by atoms with Gasteiger partial charge in [0.2, 0.25) is 0 Å². The zero-order valence-electron chi connectivity index (χ0n) is 23.7. The van der Waals surface area contributed by atoms with E-state index in [2.05, 4.69) is 110 Å². The average Bonchev–Trinajstić information content (AvgIpc) is 2.96. The largest absolute Gasteiger partial charge is 1.00 e. The molecule has 2 heteroatoms. The lowest BCUT2D eigenvalue weighted by molar-refractivity contribution is -0.00000756. The van der Waals surface area contributed by atoms with E-state index in [0.29, 0.717) is 0 Å². The molecule has 0 heterocycles. The molecule has 0 saturated heterocycles. The number of unbranched alkanes of at least 4 members (excludes halogenated alkanes) is 12. The van der Waals surface area contributed by atoms with Gasteiger partial charge in [0, 0.05) is 0 Å². The van der Waals surface area contributed by atoms with E-state index in [-0.39, 0.29) is 17.0 Å². The third-order valence-corrected chi connectivity index (χ3v) is 12.1. The number of rotatable bonds is 19. The highest BCUT2D eigenvalue weighted by Crippen LogP contribution is 2.56. The van der Waals surface area contributed by atoms with Gasteiger partial charge in [0.25, 0.3) is 0 Å². The topological polar surface area (TPSA) is 0 Å². The van der Waals surface area contributed by atoms with E-state index in [1.165, 1.54) is 112 Å². The summed E-state index contributed by atoms with van der Waals surface area (Å²) in [4.78, 5) is 0. The second-order valence-electron chi connectivity index (χ2n) is 10.5. The van der Waals surface area contributed by atoms with Crippen molar-refractivity contribution < 1.29 is 17.0 Å². The van der Waals surface area contributed by atoms with Crippen molar-refractivity contribution >= 4 is 23.2 Å². The zero-order chi connectivity index (χ0) is 25.9.